The molecule has 182 valence electrons. The average Bonchev–Trinajstić information content (AvgIpc) is 3.43. The molecule has 1 aromatic carbocycles. The first-order valence-electron chi connectivity index (χ1n) is 10.8. The quantitative estimate of drug-likeness (QED) is 0.344. The zero-order chi connectivity index (χ0) is 24.8. The number of nitrogens with zero attached hydrogens (tertiary/aromatic N) is 7. The van der Waals surface area contributed by atoms with Crippen molar-refractivity contribution in [3.8, 4) is 5.75 Å². The molecule has 4 aromatic rings. The van der Waals surface area contributed by atoms with Crippen molar-refractivity contribution >= 4 is 35.2 Å². The molecule has 12 heteroatoms. The van der Waals surface area contributed by atoms with Crippen LogP contribution in [-0.4, -0.2) is 67.6 Å². The number of rotatable bonds is 10. The summed E-state index contributed by atoms with van der Waals surface area (Å²) in [6.45, 7) is 1.46. The van der Waals surface area contributed by atoms with Crippen LogP contribution in [0.5, 0.6) is 5.75 Å². The van der Waals surface area contributed by atoms with Gasteiger partial charge in [0.15, 0.2) is 11.0 Å². The Labute approximate surface area is 212 Å². The molecular formula is C23H26N8O2S2. The van der Waals surface area contributed by atoms with Crippen LogP contribution in [0.3, 0.4) is 0 Å². The summed E-state index contributed by atoms with van der Waals surface area (Å²) < 4.78 is 9.20. The normalized spacial score (nSPS) is 11.1. The van der Waals surface area contributed by atoms with E-state index < -0.39 is 0 Å². The van der Waals surface area contributed by atoms with Gasteiger partial charge in [0.25, 0.3) is 5.91 Å². The summed E-state index contributed by atoms with van der Waals surface area (Å²) in [5.74, 6) is 0.925. The summed E-state index contributed by atoms with van der Waals surface area (Å²) in [7, 11) is 7.67. The van der Waals surface area contributed by atoms with Gasteiger partial charge >= 0.3 is 0 Å². The Bertz CT molecular complexity index is 1290. The molecule has 0 aliphatic carbocycles. The molecule has 35 heavy (non-hydrogen) atoms. The Morgan fingerprint density at radius 2 is 1.89 bits per heavy atom. The van der Waals surface area contributed by atoms with Crippen molar-refractivity contribution < 1.29 is 9.53 Å². The Morgan fingerprint density at radius 1 is 1.09 bits per heavy atom. The Balaban J connectivity index is 1.55. The minimum absolute atomic E-state index is 0.305. The third kappa shape index (κ3) is 6.84. The van der Waals surface area contributed by atoms with E-state index in [1.54, 1.807) is 34.9 Å². The number of ether oxygens (including phenoxy) is 1. The van der Waals surface area contributed by atoms with E-state index in [-0.39, 0.29) is 5.91 Å². The van der Waals surface area contributed by atoms with Crippen LogP contribution in [0, 0.1) is 0 Å². The van der Waals surface area contributed by atoms with Gasteiger partial charge in [-0.3, -0.25) is 9.48 Å². The fourth-order valence-corrected chi connectivity index (χ4v) is 4.56. The molecule has 1 N–H and O–H groups in total. The van der Waals surface area contributed by atoms with Crippen molar-refractivity contribution in [1.29, 1.82) is 0 Å². The van der Waals surface area contributed by atoms with Gasteiger partial charge < -0.3 is 19.5 Å². The Morgan fingerprint density at radius 3 is 2.54 bits per heavy atom. The number of hydrogen-bond donors (Lipinski definition) is 1. The molecule has 1 amide bonds. The summed E-state index contributed by atoms with van der Waals surface area (Å²) in [5.41, 5.74) is 0.305. The fraction of sp³-hybridized carbons (Fsp3) is 0.261. The van der Waals surface area contributed by atoms with E-state index in [0.717, 1.165) is 22.1 Å². The monoisotopic (exact) mass is 510 g/mol. The highest BCUT2D eigenvalue weighted by Crippen LogP contribution is 2.34. The number of carbonyl (C=O) groups excluding carboxylic acids is 1. The van der Waals surface area contributed by atoms with Crippen LogP contribution >= 0.6 is 23.5 Å². The van der Waals surface area contributed by atoms with Gasteiger partial charge in [0.05, 0.1) is 0 Å². The number of pyridine rings is 1. The minimum Gasteiger partial charge on any atom is -0.492 e. The van der Waals surface area contributed by atoms with Crippen LogP contribution in [0.2, 0.25) is 0 Å². The second-order valence-electron chi connectivity index (χ2n) is 7.88. The summed E-state index contributed by atoms with van der Waals surface area (Å²) in [4.78, 5) is 21.6. The first kappa shape index (κ1) is 24.8. The SMILES string of the molecule is CN(C)CCOc1ccc(Sc2ccc(Sc3nncn3C)nc2C(=O)Nc2ccn(C)n2)cc1. The van der Waals surface area contributed by atoms with E-state index in [4.69, 9.17) is 4.74 Å². The molecule has 0 aliphatic rings. The van der Waals surface area contributed by atoms with E-state index >= 15 is 0 Å². The summed E-state index contributed by atoms with van der Waals surface area (Å²) in [6.07, 6.45) is 3.39. The lowest BCUT2D eigenvalue weighted by Gasteiger charge is -2.12. The Kier molecular flexibility index (Phi) is 8.06. The molecule has 0 saturated heterocycles. The maximum Gasteiger partial charge on any atom is 0.276 e. The number of anilines is 1. The lowest BCUT2D eigenvalue weighted by molar-refractivity contribution is 0.101. The zero-order valence-electron chi connectivity index (χ0n) is 19.9. The molecule has 3 heterocycles. The number of hydrogen-bond acceptors (Lipinski definition) is 9. The van der Waals surface area contributed by atoms with E-state index in [2.05, 4.69) is 30.5 Å². The topological polar surface area (TPSA) is 103 Å². The summed E-state index contributed by atoms with van der Waals surface area (Å²) in [5, 5.41) is 16.4. The molecule has 0 fully saturated rings. The molecule has 4 rings (SSSR count). The van der Waals surface area contributed by atoms with Gasteiger partial charge in [0, 0.05) is 42.7 Å². The number of benzene rings is 1. The van der Waals surface area contributed by atoms with Gasteiger partial charge in [-0.2, -0.15) is 5.10 Å². The molecule has 0 saturated carbocycles. The molecule has 0 spiro atoms. The summed E-state index contributed by atoms with van der Waals surface area (Å²) in [6, 6.07) is 13.3. The van der Waals surface area contributed by atoms with Crippen molar-refractivity contribution in [3.63, 3.8) is 0 Å². The molecule has 3 aromatic heterocycles. The van der Waals surface area contributed by atoms with Crippen LogP contribution in [0.1, 0.15) is 10.5 Å². The lowest BCUT2D eigenvalue weighted by atomic mass is 10.3. The zero-order valence-corrected chi connectivity index (χ0v) is 21.5. The van der Waals surface area contributed by atoms with Gasteiger partial charge in [-0.05, 0) is 62.3 Å². The fourth-order valence-electron chi connectivity index (χ4n) is 2.92. The highest BCUT2D eigenvalue weighted by Gasteiger charge is 2.18. The van der Waals surface area contributed by atoms with Gasteiger partial charge in [-0.25, -0.2) is 4.98 Å². The lowest BCUT2D eigenvalue weighted by Crippen LogP contribution is -2.19. The van der Waals surface area contributed by atoms with Gasteiger partial charge in [0.2, 0.25) is 0 Å². The number of aryl methyl sites for hydroxylation is 2. The molecule has 0 radical (unpaired) electrons. The number of carbonyl (C=O) groups is 1. The molecule has 0 atom stereocenters. The van der Waals surface area contributed by atoms with Crippen LogP contribution in [0.15, 0.2) is 75.0 Å². The third-order valence-electron chi connectivity index (χ3n) is 4.73. The van der Waals surface area contributed by atoms with Crippen molar-refractivity contribution in [3.05, 3.63) is 60.7 Å². The first-order valence-corrected chi connectivity index (χ1v) is 12.4. The van der Waals surface area contributed by atoms with Crippen LogP contribution in [0.25, 0.3) is 0 Å². The highest BCUT2D eigenvalue weighted by atomic mass is 32.2. The second-order valence-corrected chi connectivity index (χ2v) is 9.98. The second kappa shape index (κ2) is 11.4. The number of nitrogens with one attached hydrogen (secondary N) is 1. The van der Waals surface area contributed by atoms with E-state index in [9.17, 15) is 4.79 Å². The number of aromatic nitrogens is 6. The van der Waals surface area contributed by atoms with Gasteiger partial charge in [0.1, 0.15) is 29.4 Å². The number of likely N-dealkylation sites (N-methyl/N-ethyl adjacent to an activating group) is 1. The van der Waals surface area contributed by atoms with Crippen molar-refractivity contribution in [2.45, 2.75) is 20.0 Å². The predicted octanol–water partition coefficient (Wildman–Crippen LogP) is 3.44. The van der Waals surface area contributed by atoms with Crippen LogP contribution < -0.4 is 10.1 Å². The van der Waals surface area contributed by atoms with Gasteiger partial charge in [-0.1, -0.05) is 11.8 Å². The van der Waals surface area contributed by atoms with E-state index in [0.29, 0.717) is 28.3 Å². The largest absolute Gasteiger partial charge is 0.492 e. The average molecular weight is 511 g/mol. The Hall–Kier alpha value is -3.35. The van der Waals surface area contributed by atoms with Crippen LogP contribution in [-0.2, 0) is 14.1 Å². The van der Waals surface area contributed by atoms with Crippen LogP contribution in [0.4, 0.5) is 5.82 Å². The predicted molar refractivity (Wildman–Crippen MR) is 135 cm³/mol. The van der Waals surface area contributed by atoms with E-state index in [1.807, 2.05) is 57.5 Å². The van der Waals surface area contributed by atoms with Crippen molar-refractivity contribution in [1.82, 2.24) is 34.4 Å². The highest BCUT2D eigenvalue weighted by molar-refractivity contribution is 7.99. The van der Waals surface area contributed by atoms with Gasteiger partial charge in [-0.15, -0.1) is 10.2 Å². The summed E-state index contributed by atoms with van der Waals surface area (Å²) >= 11 is 2.80. The van der Waals surface area contributed by atoms with Crippen molar-refractivity contribution in [2.24, 2.45) is 14.1 Å². The maximum absolute atomic E-state index is 13.2. The number of amides is 1. The molecular weight excluding hydrogens is 484 g/mol. The van der Waals surface area contributed by atoms with Crippen molar-refractivity contribution in [2.75, 3.05) is 32.6 Å². The standard InChI is InChI=1S/C23H26N8O2S2/c1-29(2)13-14-33-16-5-7-17(8-6-16)34-18-9-10-20(35-23-27-24-15-30(23)3)26-21(18)22(32)25-19-11-12-31(4)28-19/h5-12,15H,13-14H2,1-4H3,(H,25,28,32). The molecule has 0 aliphatic heterocycles. The molecule has 10 nitrogen and oxygen atoms in total. The molecule has 0 unspecified atom stereocenters. The third-order valence-corrected chi connectivity index (χ3v) is 6.77. The first-order chi connectivity index (χ1) is 16.9. The maximum atomic E-state index is 13.2. The smallest absolute Gasteiger partial charge is 0.276 e. The minimum atomic E-state index is -0.338. The van der Waals surface area contributed by atoms with E-state index in [1.165, 1.54) is 23.5 Å². The molecule has 0 bridgehead atoms.